The Hall–Kier alpha value is -2.80. The molecule has 1 aliphatic rings. The molecule has 2 atom stereocenters. The van der Waals surface area contributed by atoms with Crippen LogP contribution in [0, 0.1) is 5.82 Å². The zero-order chi connectivity index (χ0) is 17.8. The van der Waals surface area contributed by atoms with E-state index in [1.54, 1.807) is 37.5 Å². The van der Waals surface area contributed by atoms with Gasteiger partial charge in [-0.25, -0.2) is 4.39 Å². The average Bonchev–Trinajstić information content (AvgIpc) is 2.62. The molecule has 1 fully saturated rings. The van der Waals surface area contributed by atoms with E-state index < -0.39 is 18.0 Å². The first-order valence-electron chi connectivity index (χ1n) is 7.86. The van der Waals surface area contributed by atoms with Crippen molar-refractivity contribution in [3.8, 4) is 0 Å². The Labute approximate surface area is 144 Å². The smallest absolute Gasteiger partial charge is 0.252 e. The molecule has 1 N–H and O–H groups in total. The van der Waals surface area contributed by atoms with E-state index in [4.69, 9.17) is 4.74 Å². The summed E-state index contributed by atoms with van der Waals surface area (Å²) in [5, 5.41) is 2.76. The predicted molar refractivity (Wildman–Crippen MR) is 87.7 cm³/mol. The second-order valence-electron chi connectivity index (χ2n) is 5.77. The van der Waals surface area contributed by atoms with E-state index in [1.165, 1.54) is 17.0 Å². The maximum Gasteiger partial charge on any atom is 0.252 e. The van der Waals surface area contributed by atoms with Crippen LogP contribution in [0.1, 0.15) is 17.3 Å². The molecule has 1 saturated heterocycles. The van der Waals surface area contributed by atoms with Crippen LogP contribution in [0.3, 0.4) is 0 Å². The first-order chi connectivity index (χ1) is 12.1. The average molecular weight is 343 g/mol. The van der Waals surface area contributed by atoms with Gasteiger partial charge in [-0.2, -0.15) is 0 Å². The zero-order valence-corrected chi connectivity index (χ0v) is 13.7. The lowest BCUT2D eigenvalue weighted by molar-refractivity contribution is -0.162. The van der Waals surface area contributed by atoms with Crippen LogP contribution in [-0.4, -0.2) is 41.5 Å². The number of aromatic nitrogens is 1. The molecular weight excluding hydrogens is 325 g/mol. The monoisotopic (exact) mass is 343 g/mol. The summed E-state index contributed by atoms with van der Waals surface area (Å²) >= 11 is 0. The van der Waals surface area contributed by atoms with E-state index in [0.29, 0.717) is 11.3 Å². The number of rotatable bonds is 4. The standard InChI is InChI=1S/C18H18FN3O3/c1-22-15(23)11-25-17(16(22)12-5-4-6-13(19)9-12)18(24)21-10-14-7-2-3-8-20-14/h2-9,16-17H,10-11H2,1H3,(H,21,24)/t16-,17-/m0/s1. The number of morpholine rings is 1. The molecule has 0 aliphatic carbocycles. The zero-order valence-electron chi connectivity index (χ0n) is 13.7. The minimum atomic E-state index is -0.923. The Morgan fingerprint density at radius 2 is 2.20 bits per heavy atom. The maximum absolute atomic E-state index is 13.6. The molecule has 25 heavy (non-hydrogen) atoms. The quantitative estimate of drug-likeness (QED) is 0.912. The molecule has 0 radical (unpaired) electrons. The van der Waals surface area contributed by atoms with Crippen LogP contribution in [0.4, 0.5) is 4.39 Å². The predicted octanol–water partition coefficient (Wildman–Crippen LogP) is 1.44. The Morgan fingerprint density at radius 1 is 1.36 bits per heavy atom. The molecule has 0 bridgehead atoms. The van der Waals surface area contributed by atoms with Crippen molar-refractivity contribution in [3.63, 3.8) is 0 Å². The normalized spacial score (nSPS) is 20.4. The van der Waals surface area contributed by atoms with Crippen molar-refractivity contribution in [3.05, 3.63) is 65.7 Å². The van der Waals surface area contributed by atoms with Crippen LogP contribution in [0.25, 0.3) is 0 Å². The number of carbonyl (C=O) groups excluding carboxylic acids is 2. The van der Waals surface area contributed by atoms with Gasteiger partial charge in [-0.05, 0) is 29.8 Å². The number of nitrogens with one attached hydrogen (secondary N) is 1. The third-order valence-electron chi connectivity index (χ3n) is 4.10. The van der Waals surface area contributed by atoms with Crippen molar-refractivity contribution in [2.45, 2.75) is 18.7 Å². The number of benzene rings is 1. The summed E-state index contributed by atoms with van der Waals surface area (Å²) in [5.41, 5.74) is 1.21. The van der Waals surface area contributed by atoms with E-state index in [2.05, 4.69) is 10.3 Å². The molecule has 3 rings (SSSR count). The van der Waals surface area contributed by atoms with Crippen molar-refractivity contribution >= 4 is 11.8 Å². The molecule has 0 saturated carbocycles. The Balaban J connectivity index is 1.79. The van der Waals surface area contributed by atoms with Crippen molar-refractivity contribution in [1.29, 1.82) is 0 Å². The number of pyridine rings is 1. The summed E-state index contributed by atoms with van der Waals surface area (Å²) in [6.45, 7) is 0.0526. The summed E-state index contributed by atoms with van der Waals surface area (Å²) < 4.78 is 19.1. The number of carbonyl (C=O) groups is 2. The number of hydrogen-bond donors (Lipinski definition) is 1. The molecule has 7 heteroatoms. The van der Waals surface area contributed by atoms with Crippen molar-refractivity contribution in [2.75, 3.05) is 13.7 Å². The van der Waals surface area contributed by atoms with Gasteiger partial charge in [0.2, 0.25) is 5.91 Å². The Bertz CT molecular complexity index is 769. The van der Waals surface area contributed by atoms with Gasteiger partial charge in [0.25, 0.3) is 5.91 Å². The fraction of sp³-hybridized carbons (Fsp3) is 0.278. The topological polar surface area (TPSA) is 71.5 Å². The van der Waals surface area contributed by atoms with Crippen LogP contribution >= 0.6 is 0 Å². The van der Waals surface area contributed by atoms with Gasteiger partial charge in [-0.3, -0.25) is 14.6 Å². The number of likely N-dealkylation sites (N-methyl/N-ethyl adjacent to an activating group) is 1. The fourth-order valence-electron chi connectivity index (χ4n) is 2.80. The van der Waals surface area contributed by atoms with Gasteiger partial charge in [0.05, 0.1) is 18.3 Å². The van der Waals surface area contributed by atoms with Gasteiger partial charge in [0.15, 0.2) is 6.10 Å². The molecule has 0 unspecified atom stereocenters. The van der Waals surface area contributed by atoms with Gasteiger partial charge in [-0.15, -0.1) is 0 Å². The van der Waals surface area contributed by atoms with Crippen LogP contribution in [0.5, 0.6) is 0 Å². The summed E-state index contributed by atoms with van der Waals surface area (Å²) in [7, 11) is 1.58. The van der Waals surface area contributed by atoms with Crippen molar-refractivity contribution in [1.82, 2.24) is 15.2 Å². The lowest BCUT2D eigenvalue weighted by Crippen LogP contribution is -2.52. The third-order valence-corrected chi connectivity index (χ3v) is 4.10. The molecule has 0 spiro atoms. The highest BCUT2D eigenvalue weighted by Gasteiger charge is 2.40. The van der Waals surface area contributed by atoms with Crippen molar-refractivity contribution < 1.29 is 18.7 Å². The highest BCUT2D eigenvalue weighted by Crippen LogP contribution is 2.29. The van der Waals surface area contributed by atoms with E-state index in [1.807, 2.05) is 6.07 Å². The minimum Gasteiger partial charge on any atom is -0.356 e. The molecule has 1 aromatic carbocycles. The van der Waals surface area contributed by atoms with Gasteiger partial charge in [0.1, 0.15) is 12.4 Å². The number of halogens is 1. The lowest BCUT2D eigenvalue weighted by atomic mass is 9.97. The SMILES string of the molecule is CN1C(=O)CO[C@H](C(=O)NCc2ccccn2)[C@@H]1c1cccc(F)c1. The summed E-state index contributed by atoms with van der Waals surface area (Å²) in [4.78, 5) is 30.1. The number of nitrogens with zero attached hydrogens (tertiary/aromatic N) is 2. The first-order valence-corrected chi connectivity index (χ1v) is 7.86. The second-order valence-corrected chi connectivity index (χ2v) is 5.77. The largest absolute Gasteiger partial charge is 0.356 e. The van der Waals surface area contributed by atoms with Gasteiger partial charge >= 0.3 is 0 Å². The number of ether oxygens (including phenoxy) is 1. The molecule has 1 aliphatic heterocycles. The molecule has 2 aromatic rings. The minimum absolute atomic E-state index is 0.190. The Kier molecular flexibility index (Phi) is 5.04. The third kappa shape index (κ3) is 3.83. The van der Waals surface area contributed by atoms with E-state index >= 15 is 0 Å². The van der Waals surface area contributed by atoms with Crippen LogP contribution < -0.4 is 5.32 Å². The summed E-state index contributed by atoms with van der Waals surface area (Å²) in [6, 6.07) is 10.5. The maximum atomic E-state index is 13.6. The molecule has 2 heterocycles. The van der Waals surface area contributed by atoms with E-state index in [9.17, 15) is 14.0 Å². The van der Waals surface area contributed by atoms with Gasteiger partial charge in [-0.1, -0.05) is 18.2 Å². The summed E-state index contributed by atoms with van der Waals surface area (Å²) in [5.74, 6) is -1.07. The van der Waals surface area contributed by atoms with Crippen LogP contribution in [0.15, 0.2) is 48.7 Å². The Morgan fingerprint density at radius 3 is 2.92 bits per heavy atom. The first kappa shape index (κ1) is 17.0. The van der Waals surface area contributed by atoms with E-state index in [-0.39, 0.29) is 25.0 Å². The molecule has 130 valence electrons. The molecule has 2 amide bonds. The van der Waals surface area contributed by atoms with Gasteiger partial charge < -0.3 is 15.0 Å². The molecular formula is C18H18FN3O3. The summed E-state index contributed by atoms with van der Waals surface area (Å²) in [6.07, 6.45) is 0.717. The van der Waals surface area contributed by atoms with Crippen LogP contribution in [-0.2, 0) is 20.9 Å². The molecule has 6 nitrogen and oxygen atoms in total. The highest BCUT2D eigenvalue weighted by atomic mass is 19.1. The van der Waals surface area contributed by atoms with E-state index in [0.717, 1.165) is 0 Å². The fourth-order valence-corrected chi connectivity index (χ4v) is 2.80. The van der Waals surface area contributed by atoms with Gasteiger partial charge in [0, 0.05) is 13.2 Å². The lowest BCUT2D eigenvalue weighted by Gasteiger charge is -2.38. The van der Waals surface area contributed by atoms with Crippen molar-refractivity contribution in [2.24, 2.45) is 0 Å². The molecule has 1 aromatic heterocycles. The second kappa shape index (κ2) is 7.40. The van der Waals surface area contributed by atoms with Crippen LogP contribution in [0.2, 0.25) is 0 Å². The highest BCUT2D eigenvalue weighted by molar-refractivity contribution is 5.86. The number of amides is 2. The number of hydrogen-bond acceptors (Lipinski definition) is 4.